The van der Waals surface area contributed by atoms with Crippen LogP contribution in [-0.4, -0.2) is 42.4 Å². The lowest BCUT2D eigenvalue weighted by molar-refractivity contribution is -0.149. The van der Waals surface area contributed by atoms with Gasteiger partial charge in [-0.25, -0.2) is 9.59 Å². The van der Waals surface area contributed by atoms with Crippen molar-refractivity contribution in [3.05, 3.63) is 18.2 Å². The number of esters is 1. The lowest BCUT2D eigenvalue weighted by Crippen LogP contribution is -2.46. The van der Waals surface area contributed by atoms with Crippen molar-refractivity contribution in [1.29, 1.82) is 0 Å². The van der Waals surface area contributed by atoms with E-state index in [-0.39, 0.29) is 24.9 Å². The van der Waals surface area contributed by atoms with Gasteiger partial charge in [0.25, 0.3) is 0 Å². The Morgan fingerprint density at radius 1 is 1.30 bits per heavy atom. The van der Waals surface area contributed by atoms with Gasteiger partial charge < -0.3 is 24.4 Å². The average molecular weight is 276 g/mol. The van der Waals surface area contributed by atoms with E-state index < -0.39 is 6.04 Å². The molecule has 2 unspecified atom stereocenters. The fourth-order valence-electron chi connectivity index (χ4n) is 2.74. The molecule has 0 spiro atoms. The number of nitrogens with zero attached hydrogens (tertiary/aromatic N) is 1. The summed E-state index contributed by atoms with van der Waals surface area (Å²) in [7, 11) is 0. The summed E-state index contributed by atoms with van der Waals surface area (Å²) >= 11 is 0. The second kappa shape index (κ2) is 4.03. The Bertz CT molecular complexity index is 602. The number of fused-ring (bicyclic) bond motifs is 3. The third-order valence-corrected chi connectivity index (χ3v) is 3.70. The molecule has 0 aliphatic carbocycles. The van der Waals surface area contributed by atoms with E-state index in [0.717, 1.165) is 0 Å². The van der Waals surface area contributed by atoms with Crippen LogP contribution in [0.3, 0.4) is 0 Å². The lowest BCUT2D eigenvalue weighted by Gasteiger charge is -2.25. The third-order valence-electron chi connectivity index (χ3n) is 3.70. The van der Waals surface area contributed by atoms with E-state index in [0.29, 0.717) is 30.2 Å². The van der Waals surface area contributed by atoms with Crippen molar-refractivity contribution in [2.75, 3.05) is 18.7 Å². The number of amides is 2. The highest BCUT2D eigenvalue weighted by Crippen LogP contribution is 2.35. The number of urea groups is 1. The van der Waals surface area contributed by atoms with E-state index in [1.54, 1.807) is 18.2 Å². The highest BCUT2D eigenvalue weighted by Gasteiger charge is 2.48. The molecule has 20 heavy (non-hydrogen) atoms. The molecule has 3 aliphatic heterocycles. The van der Waals surface area contributed by atoms with Crippen molar-refractivity contribution in [1.82, 2.24) is 4.90 Å². The Hall–Kier alpha value is -2.44. The zero-order valence-corrected chi connectivity index (χ0v) is 10.5. The molecule has 104 valence electrons. The van der Waals surface area contributed by atoms with Crippen molar-refractivity contribution in [2.45, 2.75) is 18.6 Å². The predicted molar refractivity (Wildman–Crippen MR) is 66.6 cm³/mol. The molecule has 1 aromatic rings. The first kappa shape index (κ1) is 11.4. The van der Waals surface area contributed by atoms with Crippen molar-refractivity contribution >= 4 is 17.7 Å². The van der Waals surface area contributed by atoms with Crippen LogP contribution in [0.5, 0.6) is 11.5 Å². The number of hydrogen-bond donors (Lipinski definition) is 1. The molecule has 2 saturated heterocycles. The molecule has 1 N–H and O–H groups in total. The molecule has 0 aromatic heterocycles. The minimum absolute atomic E-state index is 0.157. The monoisotopic (exact) mass is 276 g/mol. The molecule has 2 amide bonds. The van der Waals surface area contributed by atoms with Crippen molar-refractivity contribution in [3.8, 4) is 11.5 Å². The van der Waals surface area contributed by atoms with Crippen molar-refractivity contribution in [3.63, 3.8) is 0 Å². The summed E-state index contributed by atoms with van der Waals surface area (Å²) in [4.78, 5) is 25.2. The number of likely N-dealkylation sites (tertiary alicyclic amines) is 1. The normalized spacial score (nSPS) is 25.8. The van der Waals surface area contributed by atoms with Gasteiger partial charge in [0.1, 0.15) is 12.1 Å². The largest absolute Gasteiger partial charge is 0.459 e. The fourth-order valence-corrected chi connectivity index (χ4v) is 2.74. The van der Waals surface area contributed by atoms with Crippen LogP contribution in [0, 0.1) is 0 Å². The summed E-state index contributed by atoms with van der Waals surface area (Å²) in [5, 5.41) is 2.76. The first-order chi connectivity index (χ1) is 9.70. The summed E-state index contributed by atoms with van der Waals surface area (Å²) in [6, 6.07) is 4.43. The quantitative estimate of drug-likeness (QED) is 0.773. The van der Waals surface area contributed by atoms with Gasteiger partial charge in [0.15, 0.2) is 11.5 Å². The number of carbonyl (C=O) groups excluding carboxylic acids is 2. The minimum atomic E-state index is -0.450. The van der Waals surface area contributed by atoms with Gasteiger partial charge in [-0.3, -0.25) is 0 Å². The number of rotatable bonds is 1. The first-order valence-corrected chi connectivity index (χ1v) is 6.38. The molecular weight excluding hydrogens is 264 g/mol. The Balaban J connectivity index is 1.49. The SMILES string of the molecule is O=C1OC2CC1N(C(=O)Nc1ccc3c(c1)OCO3)C2. The molecule has 7 nitrogen and oxygen atoms in total. The van der Waals surface area contributed by atoms with Gasteiger partial charge >= 0.3 is 12.0 Å². The Morgan fingerprint density at radius 3 is 2.95 bits per heavy atom. The van der Waals surface area contributed by atoms with Gasteiger partial charge in [-0.2, -0.15) is 0 Å². The zero-order valence-electron chi connectivity index (χ0n) is 10.5. The smallest absolute Gasteiger partial charge is 0.329 e. The van der Waals surface area contributed by atoms with Crippen LogP contribution >= 0.6 is 0 Å². The van der Waals surface area contributed by atoms with Crippen LogP contribution in [0.15, 0.2) is 18.2 Å². The standard InChI is InChI=1S/C13H12N2O5/c16-12-9-4-8(20-12)5-15(9)13(17)14-7-1-2-10-11(3-7)19-6-18-10/h1-3,8-9H,4-6H2,(H,14,17). The van der Waals surface area contributed by atoms with Crippen molar-refractivity contribution < 1.29 is 23.8 Å². The van der Waals surface area contributed by atoms with Gasteiger partial charge in [0.2, 0.25) is 6.79 Å². The van der Waals surface area contributed by atoms with E-state index in [1.165, 1.54) is 4.90 Å². The first-order valence-electron chi connectivity index (χ1n) is 6.38. The average Bonchev–Trinajstić information content (AvgIpc) is 3.11. The summed E-state index contributed by atoms with van der Waals surface area (Å²) in [6.45, 7) is 0.640. The van der Waals surface area contributed by atoms with E-state index in [1.807, 2.05) is 0 Å². The number of hydrogen-bond acceptors (Lipinski definition) is 5. The lowest BCUT2D eigenvalue weighted by atomic mass is 10.2. The molecule has 4 rings (SSSR count). The van der Waals surface area contributed by atoms with Crippen LogP contribution in [0.2, 0.25) is 0 Å². The third kappa shape index (κ3) is 1.66. The summed E-state index contributed by atoms with van der Waals surface area (Å²) in [5.74, 6) is 0.944. The summed E-state index contributed by atoms with van der Waals surface area (Å²) < 4.78 is 15.5. The molecule has 0 saturated carbocycles. The van der Waals surface area contributed by atoms with Gasteiger partial charge in [0.05, 0.1) is 6.54 Å². The van der Waals surface area contributed by atoms with Gasteiger partial charge in [-0.05, 0) is 12.1 Å². The molecule has 3 aliphatic rings. The van der Waals surface area contributed by atoms with Crippen LogP contribution in [0.4, 0.5) is 10.5 Å². The molecule has 3 heterocycles. The number of benzene rings is 1. The van der Waals surface area contributed by atoms with Crippen LogP contribution in [0.1, 0.15) is 6.42 Å². The second-order valence-electron chi connectivity index (χ2n) is 4.96. The maximum Gasteiger partial charge on any atom is 0.329 e. The Kier molecular flexibility index (Phi) is 2.29. The number of nitrogens with one attached hydrogen (secondary N) is 1. The molecule has 2 atom stereocenters. The van der Waals surface area contributed by atoms with E-state index in [2.05, 4.69) is 5.32 Å². The number of ether oxygens (including phenoxy) is 3. The van der Waals surface area contributed by atoms with Crippen LogP contribution < -0.4 is 14.8 Å². The number of morpholine rings is 1. The highest BCUT2D eigenvalue weighted by atomic mass is 16.7. The number of carbonyl (C=O) groups is 2. The minimum Gasteiger partial charge on any atom is -0.459 e. The Labute approximate surface area is 114 Å². The molecule has 0 radical (unpaired) electrons. The molecular formula is C13H12N2O5. The number of anilines is 1. The maximum absolute atomic E-state index is 12.2. The highest BCUT2D eigenvalue weighted by molar-refractivity contribution is 5.94. The van der Waals surface area contributed by atoms with Gasteiger partial charge in [-0.1, -0.05) is 0 Å². The van der Waals surface area contributed by atoms with E-state index >= 15 is 0 Å². The van der Waals surface area contributed by atoms with Gasteiger partial charge in [-0.15, -0.1) is 0 Å². The predicted octanol–water partition coefficient (Wildman–Crippen LogP) is 0.947. The fraction of sp³-hybridized carbons (Fsp3) is 0.385. The summed E-state index contributed by atoms with van der Waals surface area (Å²) in [5.41, 5.74) is 0.607. The van der Waals surface area contributed by atoms with Gasteiger partial charge in [0, 0.05) is 18.2 Å². The van der Waals surface area contributed by atoms with E-state index in [4.69, 9.17) is 14.2 Å². The summed E-state index contributed by atoms with van der Waals surface area (Å²) in [6.07, 6.45) is 0.433. The molecule has 2 fully saturated rings. The Morgan fingerprint density at radius 2 is 2.15 bits per heavy atom. The van der Waals surface area contributed by atoms with Crippen LogP contribution in [0.25, 0.3) is 0 Å². The molecule has 1 aromatic carbocycles. The topological polar surface area (TPSA) is 77.1 Å². The molecule has 7 heteroatoms. The maximum atomic E-state index is 12.2. The van der Waals surface area contributed by atoms with Crippen LogP contribution in [-0.2, 0) is 9.53 Å². The van der Waals surface area contributed by atoms with Crippen molar-refractivity contribution in [2.24, 2.45) is 0 Å². The second-order valence-corrected chi connectivity index (χ2v) is 4.96. The van der Waals surface area contributed by atoms with E-state index in [9.17, 15) is 9.59 Å². The zero-order chi connectivity index (χ0) is 13.7. The molecule has 2 bridgehead atoms.